The molecule has 2 nitrogen and oxygen atoms in total. The van der Waals surface area contributed by atoms with Gasteiger partial charge in [-0.15, -0.1) is 0 Å². The molecule has 0 aliphatic carbocycles. The molecule has 0 amide bonds. The molecule has 0 atom stereocenters. The molecule has 0 fully saturated rings. The first kappa shape index (κ1) is 14.0. The molecule has 2 heteroatoms. The van der Waals surface area contributed by atoms with Crippen molar-refractivity contribution in [2.24, 2.45) is 0 Å². The van der Waals surface area contributed by atoms with E-state index in [9.17, 15) is 0 Å². The average molecular weight is 301 g/mol. The molecule has 0 unspecified atom stereocenters. The molecule has 0 aliphatic rings. The number of pyridine rings is 1. The molecule has 0 saturated heterocycles. The summed E-state index contributed by atoms with van der Waals surface area (Å²) in [7, 11) is 0. The van der Waals surface area contributed by atoms with Crippen molar-refractivity contribution >= 4 is 21.9 Å². The van der Waals surface area contributed by atoms with Crippen LogP contribution in [-0.4, -0.2) is 4.98 Å². The van der Waals surface area contributed by atoms with Gasteiger partial charge in [0.05, 0.1) is 5.69 Å². The summed E-state index contributed by atoms with van der Waals surface area (Å²) in [5.74, 6) is 0.480. The highest BCUT2D eigenvalue weighted by atomic mass is 16.3. The van der Waals surface area contributed by atoms with Gasteiger partial charge in [0.25, 0.3) is 0 Å². The Morgan fingerprint density at radius 1 is 0.913 bits per heavy atom. The van der Waals surface area contributed by atoms with Crippen molar-refractivity contribution in [3.63, 3.8) is 0 Å². The Morgan fingerprint density at radius 3 is 2.43 bits per heavy atom. The van der Waals surface area contributed by atoms with E-state index >= 15 is 0 Å². The second-order valence-corrected chi connectivity index (χ2v) is 6.37. The fourth-order valence-corrected chi connectivity index (χ4v) is 3.12. The minimum Gasteiger partial charge on any atom is -0.455 e. The highest BCUT2D eigenvalue weighted by Gasteiger charge is 2.14. The van der Waals surface area contributed by atoms with E-state index in [1.54, 1.807) is 0 Å². The van der Waals surface area contributed by atoms with Crippen molar-refractivity contribution in [3.05, 3.63) is 65.9 Å². The molecule has 2 heterocycles. The highest BCUT2D eigenvalue weighted by molar-refractivity contribution is 6.09. The molecule has 0 N–H and O–H groups in total. The number of rotatable bonds is 2. The molecule has 0 spiro atoms. The van der Waals surface area contributed by atoms with Crippen LogP contribution in [0, 0.1) is 6.92 Å². The van der Waals surface area contributed by atoms with Crippen LogP contribution in [0.3, 0.4) is 0 Å². The molecule has 0 bridgehead atoms. The summed E-state index contributed by atoms with van der Waals surface area (Å²) in [6, 6.07) is 16.8. The van der Waals surface area contributed by atoms with Crippen molar-refractivity contribution < 1.29 is 4.42 Å². The van der Waals surface area contributed by atoms with E-state index in [4.69, 9.17) is 4.42 Å². The molecule has 23 heavy (non-hydrogen) atoms. The predicted octanol–water partition coefficient (Wildman–Crippen LogP) is 6.08. The Bertz CT molecular complexity index is 1010. The third kappa shape index (κ3) is 2.22. The van der Waals surface area contributed by atoms with Crippen LogP contribution < -0.4 is 0 Å². The average Bonchev–Trinajstić information content (AvgIpc) is 2.95. The summed E-state index contributed by atoms with van der Waals surface area (Å²) >= 11 is 0. The Morgan fingerprint density at radius 2 is 1.65 bits per heavy atom. The van der Waals surface area contributed by atoms with Crippen LogP contribution in [0.5, 0.6) is 0 Å². The van der Waals surface area contributed by atoms with Crippen molar-refractivity contribution in [3.8, 4) is 11.3 Å². The maximum atomic E-state index is 6.23. The first-order valence-electron chi connectivity index (χ1n) is 8.02. The van der Waals surface area contributed by atoms with Gasteiger partial charge in [0.15, 0.2) is 0 Å². The number of para-hydroxylation sites is 2. The molecule has 2 aromatic heterocycles. The molecular weight excluding hydrogens is 282 g/mol. The van der Waals surface area contributed by atoms with Gasteiger partial charge in [-0.25, -0.2) is 0 Å². The second-order valence-electron chi connectivity index (χ2n) is 6.37. The molecule has 2 aromatic carbocycles. The summed E-state index contributed by atoms with van der Waals surface area (Å²) in [5.41, 5.74) is 6.37. The van der Waals surface area contributed by atoms with Crippen LogP contribution in [0.25, 0.3) is 33.2 Å². The standard InChI is InChI=1S/C21H19NO/c1-13(2)15-10-11-22-19(12-15)18-9-5-8-17-16-7-4-6-14(3)20(16)23-21(17)18/h4-13H,1-3H3. The monoisotopic (exact) mass is 301 g/mol. The molecule has 0 radical (unpaired) electrons. The maximum absolute atomic E-state index is 6.23. The Labute approximate surface area is 135 Å². The lowest BCUT2D eigenvalue weighted by Gasteiger charge is -2.07. The number of nitrogens with zero attached hydrogens (tertiary/aromatic N) is 1. The van der Waals surface area contributed by atoms with Gasteiger partial charge in [0, 0.05) is 22.5 Å². The van der Waals surface area contributed by atoms with Crippen LogP contribution in [0.1, 0.15) is 30.9 Å². The normalized spacial score (nSPS) is 11.7. The van der Waals surface area contributed by atoms with Crippen molar-refractivity contribution in [1.82, 2.24) is 4.98 Å². The lowest BCUT2D eigenvalue weighted by molar-refractivity contribution is 0.666. The van der Waals surface area contributed by atoms with Gasteiger partial charge in [0.1, 0.15) is 11.2 Å². The van der Waals surface area contributed by atoms with E-state index in [1.807, 2.05) is 6.20 Å². The molecule has 4 aromatic rings. The van der Waals surface area contributed by atoms with Crippen LogP contribution in [0.2, 0.25) is 0 Å². The van der Waals surface area contributed by atoms with E-state index in [-0.39, 0.29) is 0 Å². The zero-order valence-corrected chi connectivity index (χ0v) is 13.6. The lowest BCUT2D eigenvalue weighted by atomic mass is 10.0. The highest BCUT2D eigenvalue weighted by Crippen LogP contribution is 2.36. The van der Waals surface area contributed by atoms with Crippen molar-refractivity contribution in [2.75, 3.05) is 0 Å². The van der Waals surface area contributed by atoms with Crippen LogP contribution >= 0.6 is 0 Å². The fourth-order valence-electron chi connectivity index (χ4n) is 3.12. The van der Waals surface area contributed by atoms with E-state index < -0.39 is 0 Å². The number of aryl methyl sites for hydroxylation is 1. The number of hydrogen-bond acceptors (Lipinski definition) is 2. The third-order valence-electron chi connectivity index (χ3n) is 4.45. The molecule has 114 valence electrons. The number of aromatic nitrogens is 1. The van der Waals surface area contributed by atoms with Gasteiger partial charge in [0.2, 0.25) is 0 Å². The van der Waals surface area contributed by atoms with Crippen LogP contribution in [0.15, 0.2) is 59.1 Å². The predicted molar refractivity (Wildman–Crippen MR) is 95.8 cm³/mol. The topological polar surface area (TPSA) is 26.0 Å². The smallest absolute Gasteiger partial charge is 0.144 e. The van der Waals surface area contributed by atoms with E-state index in [1.165, 1.54) is 10.9 Å². The van der Waals surface area contributed by atoms with Gasteiger partial charge in [-0.2, -0.15) is 0 Å². The lowest BCUT2D eigenvalue weighted by Crippen LogP contribution is -1.90. The van der Waals surface area contributed by atoms with Crippen LogP contribution in [0.4, 0.5) is 0 Å². The minimum absolute atomic E-state index is 0.480. The van der Waals surface area contributed by atoms with Gasteiger partial charge in [-0.3, -0.25) is 4.98 Å². The van der Waals surface area contributed by atoms with Gasteiger partial charge >= 0.3 is 0 Å². The summed E-state index contributed by atoms with van der Waals surface area (Å²) in [6.45, 7) is 6.48. The van der Waals surface area contributed by atoms with E-state index in [2.05, 4.69) is 74.3 Å². The van der Waals surface area contributed by atoms with Gasteiger partial charge < -0.3 is 4.42 Å². The fraction of sp³-hybridized carbons (Fsp3) is 0.190. The zero-order valence-electron chi connectivity index (χ0n) is 13.6. The SMILES string of the molecule is Cc1cccc2c1oc1c(-c3cc(C(C)C)ccn3)cccc12. The molecule has 4 rings (SSSR count). The minimum atomic E-state index is 0.480. The quantitative estimate of drug-likeness (QED) is 0.448. The van der Waals surface area contributed by atoms with Crippen molar-refractivity contribution in [1.29, 1.82) is 0 Å². The molecule has 0 aliphatic heterocycles. The third-order valence-corrected chi connectivity index (χ3v) is 4.45. The summed E-state index contributed by atoms with van der Waals surface area (Å²) < 4.78 is 6.23. The summed E-state index contributed by atoms with van der Waals surface area (Å²) in [5, 5.41) is 2.32. The van der Waals surface area contributed by atoms with Crippen LogP contribution in [-0.2, 0) is 0 Å². The Hall–Kier alpha value is -2.61. The largest absolute Gasteiger partial charge is 0.455 e. The maximum Gasteiger partial charge on any atom is 0.144 e. The van der Waals surface area contributed by atoms with Gasteiger partial charge in [-0.1, -0.05) is 44.2 Å². The first-order valence-corrected chi connectivity index (χ1v) is 8.02. The zero-order chi connectivity index (χ0) is 16.0. The number of hydrogen-bond donors (Lipinski definition) is 0. The number of furan rings is 1. The number of fused-ring (bicyclic) bond motifs is 3. The summed E-state index contributed by atoms with van der Waals surface area (Å²) in [4.78, 5) is 4.57. The Balaban J connectivity index is 2.03. The Kier molecular flexibility index (Phi) is 3.19. The molecular formula is C21H19NO. The summed E-state index contributed by atoms with van der Waals surface area (Å²) in [6.07, 6.45) is 1.89. The number of benzene rings is 2. The van der Waals surface area contributed by atoms with E-state index in [0.29, 0.717) is 5.92 Å². The van der Waals surface area contributed by atoms with E-state index in [0.717, 1.165) is 33.4 Å². The second kappa shape index (κ2) is 5.24. The first-order chi connectivity index (χ1) is 11.1. The van der Waals surface area contributed by atoms with Crippen molar-refractivity contribution in [2.45, 2.75) is 26.7 Å². The van der Waals surface area contributed by atoms with Gasteiger partial charge in [-0.05, 0) is 42.2 Å². The molecule has 0 saturated carbocycles.